The fourth-order valence-electron chi connectivity index (χ4n) is 2.41. The van der Waals surface area contributed by atoms with Gasteiger partial charge in [-0.3, -0.25) is 0 Å². The van der Waals surface area contributed by atoms with Gasteiger partial charge in [0.1, 0.15) is 17.5 Å². The number of anilines is 3. The molecule has 0 saturated heterocycles. The average Bonchev–Trinajstić information content (AvgIpc) is 2.62. The molecule has 1 aromatic heterocycles. The fraction of sp³-hybridized carbons (Fsp3) is 0.105. The Morgan fingerprint density at radius 1 is 1.15 bits per heavy atom. The van der Waals surface area contributed by atoms with E-state index in [1.165, 1.54) is 12.1 Å². The number of hydrogen-bond donors (Lipinski definition) is 2. The average molecular weight is 352 g/mol. The summed E-state index contributed by atoms with van der Waals surface area (Å²) in [7, 11) is 0. The molecule has 0 atom stereocenters. The normalized spacial score (nSPS) is 10.4. The molecule has 6 nitrogen and oxygen atoms in total. The summed E-state index contributed by atoms with van der Waals surface area (Å²) in [5.41, 5.74) is 6.94. The standard InChI is InChI=1S/C19H17FN4O2/c1-2-26-19(25)13-8-4-6-10-15(13)22-17-11-16(21)23-18(24-17)12-7-3-5-9-14(12)20/h3-11H,2H2,1H3,(H3,21,22,23,24). The first-order chi connectivity index (χ1) is 12.6. The second-order valence-electron chi connectivity index (χ2n) is 5.37. The smallest absolute Gasteiger partial charge is 0.340 e. The second kappa shape index (κ2) is 7.60. The van der Waals surface area contributed by atoms with Crippen LogP contribution in [0.5, 0.6) is 0 Å². The molecule has 0 saturated carbocycles. The zero-order chi connectivity index (χ0) is 18.5. The Balaban J connectivity index is 1.97. The lowest BCUT2D eigenvalue weighted by atomic mass is 10.1. The first-order valence-electron chi connectivity index (χ1n) is 8.01. The van der Waals surface area contributed by atoms with E-state index in [-0.39, 0.29) is 23.8 Å². The predicted molar refractivity (Wildman–Crippen MR) is 97.5 cm³/mol. The first kappa shape index (κ1) is 17.3. The largest absolute Gasteiger partial charge is 0.462 e. The number of nitrogens with two attached hydrogens (primary N) is 1. The summed E-state index contributed by atoms with van der Waals surface area (Å²) in [6.45, 7) is 2.00. The minimum atomic E-state index is -0.452. The lowest BCUT2D eigenvalue weighted by Gasteiger charge is -2.12. The number of para-hydroxylation sites is 1. The van der Waals surface area contributed by atoms with Gasteiger partial charge in [-0.1, -0.05) is 24.3 Å². The molecule has 3 rings (SSSR count). The van der Waals surface area contributed by atoms with Crippen LogP contribution in [0.25, 0.3) is 11.4 Å². The van der Waals surface area contributed by atoms with Gasteiger partial charge in [-0.05, 0) is 31.2 Å². The van der Waals surface area contributed by atoms with Crippen LogP contribution in [0.4, 0.5) is 21.7 Å². The van der Waals surface area contributed by atoms with Crippen LogP contribution in [0.15, 0.2) is 54.6 Å². The SMILES string of the molecule is CCOC(=O)c1ccccc1Nc1cc(N)nc(-c2ccccc2F)n1. The maximum atomic E-state index is 14.0. The van der Waals surface area contributed by atoms with Crippen molar-refractivity contribution in [1.29, 1.82) is 0 Å². The van der Waals surface area contributed by atoms with E-state index in [2.05, 4.69) is 15.3 Å². The summed E-state index contributed by atoms with van der Waals surface area (Å²) in [5.74, 6) is -0.232. The molecular weight excluding hydrogens is 335 g/mol. The van der Waals surface area contributed by atoms with E-state index in [9.17, 15) is 9.18 Å². The molecule has 1 heterocycles. The third-order valence-electron chi connectivity index (χ3n) is 3.55. The zero-order valence-electron chi connectivity index (χ0n) is 14.1. The quantitative estimate of drug-likeness (QED) is 0.679. The van der Waals surface area contributed by atoms with Gasteiger partial charge >= 0.3 is 5.97 Å². The number of carbonyl (C=O) groups is 1. The van der Waals surface area contributed by atoms with Gasteiger partial charge in [-0.25, -0.2) is 19.2 Å². The topological polar surface area (TPSA) is 90.1 Å². The molecule has 132 valence electrons. The van der Waals surface area contributed by atoms with Crippen LogP contribution in [-0.4, -0.2) is 22.5 Å². The summed E-state index contributed by atoms with van der Waals surface area (Å²) in [5, 5.41) is 3.03. The van der Waals surface area contributed by atoms with E-state index < -0.39 is 11.8 Å². The van der Waals surface area contributed by atoms with Crippen LogP contribution in [0, 0.1) is 5.82 Å². The summed E-state index contributed by atoms with van der Waals surface area (Å²) < 4.78 is 19.1. The monoisotopic (exact) mass is 352 g/mol. The highest BCUT2D eigenvalue weighted by Crippen LogP contribution is 2.25. The summed E-state index contributed by atoms with van der Waals surface area (Å²) in [4.78, 5) is 20.5. The highest BCUT2D eigenvalue weighted by molar-refractivity contribution is 5.96. The van der Waals surface area contributed by atoms with Crippen molar-refractivity contribution in [1.82, 2.24) is 9.97 Å². The highest BCUT2D eigenvalue weighted by atomic mass is 19.1. The number of hydrogen-bond acceptors (Lipinski definition) is 6. The number of nitrogens with zero attached hydrogens (tertiary/aromatic N) is 2. The van der Waals surface area contributed by atoms with E-state index in [0.717, 1.165) is 0 Å². The molecule has 3 aromatic rings. The van der Waals surface area contributed by atoms with Crippen molar-refractivity contribution < 1.29 is 13.9 Å². The second-order valence-corrected chi connectivity index (χ2v) is 5.37. The van der Waals surface area contributed by atoms with E-state index in [1.807, 2.05) is 0 Å². The first-order valence-corrected chi connectivity index (χ1v) is 8.01. The van der Waals surface area contributed by atoms with Gasteiger partial charge in [0.2, 0.25) is 0 Å². The lowest BCUT2D eigenvalue weighted by molar-refractivity contribution is 0.0527. The van der Waals surface area contributed by atoms with Gasteiger partial charge in [0.15, 0.2) is 5.82 Å². The summed E-state index contributed by atoms with van der Waals surface area (Å²) in [6, 6.07) is 14.5. The minimum absolute atomic E-state index is 0.152. The molecule has 0 amide bonds. The Bertz CT molecular complexity index is 946. The lowest BCUT2D eigenvalue weighted by Crippen LogP contribution is -2.09. The summed E-state index contributed by atoms with van der Waals surface area (Å²) in [6.07, 6.45) is 0. The molecule has 7 heteroatoms. The molecule has 0 unspecified atom stereocenters. The number of esters is 1. The van der Waals surface area contributed by atoms with Crippen LogP contribution in [0.1, 0.15) is 17.3 Å². The maximum Gasteiger partial charge on any atom is 0.340 e. The van der Waals surface area contributed by atoms with Crippen molar-refractivity contribution in [2.75, 3.05) is 17.7 Å². The van der Waals surface area contributed by atoms with Crippen molar-refractivity contribution in [3.05, 3.63) is 66.0 Å². The number of rotatable bonds is 5. The molecule has 0 radical (unpaired) electrons. The maximum absolute atomic E-state index is 14.0. The molecule has 26 heavy (non-hydrogen) atoms. The van der Waals surface area contributed by atoms with Crippen molar-refractivity contribution in [3.8, 4) is 11.4 Å². The Labute approximate surface area is 149 Å². The third-order valence-corrected chi connectivity index (χ3v) is 3.55. The molecule has 0 aliphatic rings. The highest BCUT2D eigenvalue weighted by Gasteiger charge is 2.14. The van der Waals surface area contributed by atoms with Crippen molar-refractivity contribution in [2.45, 2.75) is 6.92 Å². The molecule has 3 N–H and O–H groups in total. The van der Waals surface area contributed by atoms with Crippen molar-refractivity contribution >= 4 is 23.3 Å². The molecule has 0 spiro atoms. The van der Waals surface area contributed by atoms with Gasteiger partial charge < -0.3 is 15.8 Å². The summed E-state index contributed by atoms with van der Waals surface area (Å²) >= 11 is 0. The molecule has 0 bridgehead atoms. The van der Waals surface area contributed by atoms with E-state index in [1.54, 1.807) is 49.4 Å². The number of halogens is 1. The van der Waals surface area contributed by atoms with Crippen LogP contribution < -0.4 is 11.1 Å². The third kappa shape index (κ3) is 3.77. The van der Waals surface area contributed by atoms with Crippen LogP contribution in [-0.2, 0) is 4.74 Å². The Hall–Kier alpha value is -3.48. The Kier molecular flexibility index (Phi) is 5.07. The van der Waals surface area contributed by atoms with Gasteiger partial charge in [-0.15, -0.1) is 0 Å². The minimum Gasteiger partial charge on any atom is -0.462 e. The predicted octanol–water partition coefficient (Wildman–Crippen LogP) is 3.79. The Morgan fingerprint density at radius 2 is 1.88 bits per heavy atom. The number of aromatic nitrogens is 2. The number of nitrogens with one attached hydrogen (secondary N) is 1. The molecule has 0 aliphatic carbocycles. The van der Waals surface area contributed by atoms with Crippen LogP contribution in [0.3, 0.4) is 0 Å². The van der Waals surface area contributed by atoms with Crippen molar-refractivity contribution in [2.24, 2.45) is 0 Å². The van der Waals surface area contributed by atoms with E-state index >= 15 is 0 Å². The van der Waals surface area contributed by atoms with Gasteiger partial charge in [0.25, 0.3) is 0 Å². The number of benzene rings is 2. The van der Waals surface area contributed by atoms with Gasteiger partial charge in [0.05, 0.1) is 23.4 Å². The van der Waals surface area contributed by atoms with Gasteiger partial charge in [-0.2, -0.15) is 0 Å². The number of carbonyl (C=O) groups excluding carboxylic acids is 1. The Morgan fingerprint density at radius 3 is 2.65 bits per heavy atom. The molecule has 0 aliphatic heterocycles. The van der Waals surface area contributed by atoms with Crippen molar-refractivity contribution in [3.63, 3.8) is 0 Å². The van der Waals surface area contributed by atoms with Crippen LogP contribution >= 0.6 is 0 Å². The van der Waals surface area contributed by atoms with E-state index in [4.69, 9.17) is 10.5 Å². The fourth-order valence-corrected chi connectivity index (χ4v) is 2.41. The molecule has 0 fully saturated rings. The van der Waals surface area contributed by atoms with E-state index in [0.29, 0.717) is 17.1 Å². The number of ether oxygens (including phenoxy) is 1. The number of nitrogen functional groups attached to an aromatic ring is 1. The van der Waals surface area contributed by atoms with Gasteiger partial charge in [0, 0.05) is 6.07 Å². The molecular formula is C19H17FN4O2. The van der Waals surface area contributed by atoms with Crippen LogP contribution in [0.2, 0.25) is 0 Å². The molecule has 2 aromatic carbocycles. The zero-order valence-corrected chi connectivity index (χ0v) is 14.1.